The van der Waals surface area contributed by atoms with Gasteiger partial charge in [-0.1, -0.05) is 30.3 Å². The number of fused-ring (bicyclic) bond motifs is 2. The number of aliphatic hydroxyl groups excluding tert-OH is 1. The lowest BCUT2D eigenvalue weighted by molar-refractivity contribution is -0.676. The number of quaternary nitrogens is 1. The smallest absolute Gasteiger partial charge is 0.342 e. The SMILES string of the molecule is CCOC(=O)c1c(-c2ccccc2)oc2ccc(OC[C@H](O)C[NH2+]Cc3ccc4c(c3)OCO4)cc12. The van der Waals surface area contributed by atoms with Crippen molar-refractivity contribution in [3.63, 3.8) is 0 Å². The first-order valence-electron chi connectivity index (χ1n) is 11.9. The van der Waals surface area contributed by atoms with Gasteiger partial charge in [0.15, 0.2) is 11.5 Å². The third kappa shape index (κ3) is 5.15. The van der Waals surface area contributed by atoms with Crippen molar-refractivity contribution in [2.75, 3.05) is 26.6 Å². The molecule has 186 valence electrons. The number of carbonyl (C=O) groups excluding carboxylic acids is 1. The Morgan fingerprint density at radius 3 is 2.72 bits per heavy atom. The highest BCUT2D eigenvalue weighted by Crippen LogP contribution is 2.36. The van der Waals surface area contributed by atoms with E-state index in [4.69, 9.17) is 23.4 Å². The van der Waals surface area contributed by atoms with Crippen molar-refractivity contribution >= 4 is 16.9 Å². The molecule has 3 aromatic carbocycles. The summed E-state index contributed by atoms with van der Waals surface area (Å²) < 4.78 is 27.9. The number of ether oxygens (including phenoxy) is 4. The zero-order valence-electron chi connectivity index (χ0n) is 19.9. The average Bonchev–Trinajstić information content (AvgIpc) is 3.52. The highest BCUT2D eigenvalue weighted by atomic mass is 16.7. The number of carbonyl (C=O) groups is 1. The van der Waals surface area contributed by atoms with Crippen LogP contribution in [0.5, 0.6) is 17.2 Å². The van der Waals surface area contributed by atoms with Crippen LogP contribution >= 0.6 is 0 Å². The lowest BCUT2D eigenvalue weighted by Gasteiger charge is -2.12. The largest absolute Gasteiger partial charge is 0.491 e. The van der Waals surface area contributed by atoms with E-state index in [1.165, 1.54) is 0 Å². The molecule has 36 heavy (non-hydrogen) atoms. The summed E-state index contributed by atoms with van der Waals surface area (Å²) in [4.78, 5) is 12.8. The van der Waals surface area contributed by atoms with Crippen LogP contribution in [0.15, 0.2) is 71.1 Å². The number of nitrogens with two attached hydrogens (primary N) is 1. The van der Waals surface area contributed by atoms with E-state index >= 15 is 0 Å². The average molecular weight is 491 g/mol. The normalized spacial score (nSPS) is 13.1. The van der Waals surface area contributed by atoms with Gasteiger partial charge in [0.2, 0.25) is 6.79 Å². The molecule has 0 unspecified atom stereocenters. The Labute approximate surface area is 208 Å². The standard InChI is InChI=1S/C28H27NO7/c1-2-32-28(31)26-22-13-21(9-11-23(22)36-27(26)19-6-4-3-5-7-19)33-16-20(30)15-29-14-18-8-10-24-25(12-18)35-17-34-24/h3-13,20,29-30H,2,14-17H2,1H3/p+1/t20-/m1/s1. The topological polar surface area (TPSA) is 104 Å². The molecule has 0 fully saturated rings. The molecule has 1 aliphatic rings. The first-order valence-corrected chi connectivity index (χ1v) is 11.9. The summed E-state index contributed by atoms with van der Waals surface area (Å²) in [5, 5.41) is 13.0. The number of aliphatic hydroxyl groups is 1. The molecule has 1 aromatic heterocycles. The number of furan rings is 1. The Morgan fingerprint density at radius 1 is 1.06 bits per heavy atom. The van der Waals surface area contributed by atoms with E-state index in [1.807, 2.05) is 53.8 Å². The Morgan fingerprint density at radius 2 is 1.89 bits per heavy atom. The Hall–Kier alpha value is -4.01. The zero-order valence-corrected chi connectivity index (χ0v) is 19.9. The second-order valence-corrected chi connectivity index (χ2v) is 8.43. The van der Waals surface area contributed by atoms with Crippen LogP contribution < -0.4 is 19.5 Å². The molecule has 8 heteroatoms. The molecular formula is C28H28NO7+. The van der Waals surface area contributed by atoms with Gasteiger partial charge in [0.1, 0.15) is 48.5 Å². The maximum atomic E-state index is 12.8. The summed E-state index contributed by atoms with van der Waals surface area (Å²) in [5.41, 5.74) is 2.79. The van der Waals surface area contributed by atoms with Crippen molar-refractivity contribution in [3.8, 4) is 28.6 Å². The molecule has 5 rings (SSSR count). The van der Waals surface area contributed by atoms with E-state index in [2.05, 4.69) is 0 Å². The molecule has 0 amide bonds. The molecule has 0 radical (unpaired) electrons. The van der Waals surface area contributed by atoms with Gasteiger partial charge in [-0.3, -0.25) is 0 Å². The van der Waals surface area contributed by atoms with Crippen LogP contribution in [0, 0.1) is 0 Å². The molecular weight excluding hydrogens is 462 g/mol. The maximum Gasteiger partial charge on any atom is 0.342 e. The molecule has 0 saturated carbocycles. The van der Waals surface area contributed by atoms with Crippen molar-refractivity contribution in [3.05, 3.63) is 77.9 Å². The fraction of sp³-hybridized carbons (Fsp3) is 0.250. The summed E-state index contributed by atoms with van der Waals surface area (Å²) in [7, 11) is 0. The highest BCUT2D eigenvalue weighted by Gasteiger charge is 2.24. The van der Waals surface area contributed by atoms with E-state index in [9.17, 15) is 9.90 Å². The Kier molecular flexibility index (Phi) is 7.06. The van der Waals surface area contributed by atoms with Crippen molar-refractivity contribution in [2.45, 2.75) is 19.6 Å². The maximum absolute atomic E-state index is 12.8. The van der Waals surface area contributed by atoms with Crippen LogP contribution in [0.2, 0.25) is 0 Å². The number of esters is 1. The van der Waals surface area contributed by atoms with Crippen LogP contribution in [-0.4, -0.2) is 43.7 Å². The number of rotatable bonds is 10. The van der Waals surface area contributed by atoms with Gasteiger partial charge in [0.05, 0.1) is 6.61 Å². The molecule has 1 aliphatic heterocycles. The second kappa shape index (κ2) is 10.7. The third-order valence-corrected chi connectivity index (χ3v) is 5.87. The lowest BCUT2D eigenvalue weighted by Crippen LogP contribution is -2.85. The van der Waals surface area contributed by atoms with Crippen LogP contribution in [0.1, 0.15) is 22.8 Å². The third-order valence-electron chi connectivity index (χ3n) is 5.87. The van der Waals surface area contributed by atoms with Gasteiger partial charge >= 0.3 is 5.97 Å². The van der Waals surface area contributed by atoms with Gasteiger partial charge in [0.25, 0.3) is 0 Å². The monoisotopic (exact) mass is 490 g/mol. The van der Waals surface area contributed by atoms with Gasteiger partial charge in [-0.05, 0) is 43.3 Å². The number of benzene rings is 3. The first kappa shape index (κ1) is 23.7. The Bertz CT molecular complexity index is 1350. The predicted octanol–water partition coefficient (Wildman–Crippen LogP) is 3.51. The van der Waals surface area contributed by atoms with Crippen LogP contribution in [0.25, 0.3) is 22.3 Å². The summed E-state index contributed by atoms with van der Waals surface area (Å²) in [5.74, 6) is 2.04. The van der Waals surface area contributed by atoms with Crippen molar-refractivity contribution in [2.24, 2.45) is 0 Å². The van der Waals surface area contributed by atoms with Crippen LogP contribution in [0.4, 0.5) is 0 Å². The summed E-state index contributed by atoms with van der Waals surface area (Å²) >= 11 is 0. The van der Waals surface area contributed by atoms with Crippen molar-refractivity contribution in [1.82, 2.24) is 0 Å². The Balaban J connectivity index is 1.24. The van der Waals surface area contributed by atoms with E-state index in [-0.39, 0.29) is 20.0 Å². The summed E-state index contributed by atoms with van der Waals surface area (Å²) in [6.45, 7) is 3.54. The predicted molar refractivity (Wildman–Crippen MR) is 132 cm³/mol. The highest BCUT2D eigenvalue weighted by molar-refractivity contribution is 6.09. The van der Waals surface area contributed by atoms with Gasteiger partial charge in [-0.15, -0.1) is 0 Å². The molecule has 0 bridgehead atoms. The molecule has 2 heterocycles. The molecule has 0 spiro atoms. The van der Waals surface area contributed by atoms with Gasteiger partial charge in [-0.2, -0.15) is 0 Å². The van der Waals surface area contributed by atoms with E-state index in [1.54, 1.807) is 25.1 Å². The quantitative estimate of drug-likeness (QED) is 0.328. The van der Waals surface area contributed by atoms with Crippen LogP contribution in [-0.2, 0) is 11.3 Å². The molecule has 0 saturated heterocycles. The van der Waals surface area contributed by atoms with Crippen molar-refractivity contribution in [1.29, 1.82) is 0 Å². The summed E-state index contributed by atoms with van der Waals surface area (Å²) in [6.07, 6.45) is -0.677. The van der Waals surface area contributed by atoms with E-state index < -0.39 is 12.1 Å². The fourth-order valence-electron chi connectivity index (χ4n) is 4.14. The molecule has 8 nitrogen and oxygen atoms in total. The van der Waals surface area contributed by atoms with Gasteiger partial charge in [0, 0.05) is 16.5 Å². The minimum absolute atomic E-state index is 0.112. The molecule has 0 aliphatic carbocycles. The van der Waals surface area contributed by atoms with E-state index in [0.717, 1.165) is 22.6 Å². The van der Waals surface area contributed by atoms with Crippen molar-refractivity contribution < 1.29 is 38.6 Å². The molecule has 3 N–H and O–H groups in total. The van der Waals surface area contributed by atoms with E-state index in [0.29, 0.717) is 41.1 Å². The van der Waals surface area contributed by atoms with Crippen LogP contribution in [0.3, 0.4) is 0 Å². The lowest BCUT2D eigenvalue weighted by atomic mass is 10.1. The molecule has 1 atom stereocenters. The zero-order chi connectivity index (χ0) is 24.9. The fourth-order valence-corrected chi connectivity index (χ4v) is 4.14. The minimum Gasteiger partial charge on any atom is -0.491 e. The second-order valence-electron chi connectivity index (χ2n) is 8.43. The molecule has 4 aromatic rings. The van der Waals surface area contributed by atoms with Gasteiger partial charge in [-0.25, -0.2) is 4.79 Å². The number of hydrogen-bond donors (Lipinski definition) is 2. The summed E-state index contributed by atoms with van der Waals surface area (Å²) in [6, 6.07) is 20.5. The number of hydrogen-bond acceptors (Lipinski definition) is 7. The minimum atomic E-state index is -0.677. The first-order chi connectivity index (χ1) is 17.6. The van der Waals surface area contributed by atoms with Gasteiger partial charge < -0.3 is 33.8 Å².